The molecule has 16 nitrogen and oxygen atoms in total. The number of primary amides is 1. The molecule has 16 heteroatoms. The van der Waals surface area contributed by atoms with Gasteiger partial charge in [-0.05, 0) is 36.5 Å². The van der Waals surface area contributed by atoms with E-state index in [-0.39, 0.29) is 89.9 Å². The molecule has 0 spiro atoms. The third-order valence-electron chi connectivity index (χ3n) is 6.85. The summed E-state index contributed by atoms with van der Waals surface area (Å²) in [6.45, 7) is 5.10. The number of imide groups is 1. The smallest absolute Gasteiger partial charge is 0.312 e. The first-order chi connectivity index (χ1) is 22.5. The topological polar surface area (TPSA) is 228 Å². The van der Waals surface area contributed by atoms with E-state index in [1.165, 1.54) is 12.2 Å². The molecule has 0 saturated heterocycles. The summed E-state index contributed by atoms with van der Waals surface area (Å²) in [7, 11) is 0. The molecule has 1 aromatic carbocycles. The molecule has 1 aliphatic rings. The fraction of sp³-hybridized carbons (Fsp3) is 0.548. The van der Waals surface area contributed by atoms with Crippen molar-refractivity contribution >= 4 is 41.3 Å². The Kier molecular flexibility index (Phi) is 17.7. The minimum atomic E-state index is -0.975. The zero-order valence-corrected chi connectivity index (χ0v) is 26.8. The van der Waals surface area contributed by atoms with Gasteiger partial charge in [0.25, 0.3) is 11.8 Å². The number of carbonyl (C=O) groups excluding carboxylic acids is 6. The van der Waals surface area contributed by atoms with E-state index in [4.69, 9.17) is 19.9 Å². The molecule has 2 unspecified atom stereocenters. The SMILES string of the molecule is CC(C)C(NC(=O)CCOCCOCCOCCN1C(=O)C=CC1=O)C(=O)NC(CCCNC(N)=O)C(=O)Nc1ccc(CO)cc1. The minimum absolute atomic E-state index is 0.00501. The number of aliphatic hydroxyl groups is 1. The molecule has 260 valence electrons. The number of hydrogen-bond acceptors (Lipinski definition) is 10. The summed E-state index contributed by atoms with van der Waals surface area (Å²) in [5.41, 5.74) is 6.25. The van der Waals surface area contributed by atoms with Crippen LogP contribution in [0.4, 0.5) is 10.5 Å². The number of hydrogen-bond donors (Lipinski definition) is 6. The van der Waals surface area contributed by atoms with Crippen molar-refractivity contribution in [3.63, 3.8) is 0 Å². The lowest BCUT2D eigenvalue weighted by Crippen LogP contribution is -2.54. The highest BCUT2D eigenvalue weighted by Crippen LogP contribution is 2.12. The van der Waals surface area contributed by atoms with Crippen LogP contribution < -0.4 is 27.0 Å². The van der Waals surface area contributed by atoms with Crippen molar-refractivity contribution in [3.05, 3.63) is 42.0 Å². The van der Waals surface area contributed by atoms with Gasteiger partial charge in [0.1, 0.15) is 12.1 Å². The molecular formula is C31H46N6O10. The molecule has 47 heavy (non-hydrogen) atoms. The quantitative estimate of drug-likeness (QED) is 0.0654. The zero-order valence-electron chi connectivity index (χ0n) is 26.8. The van der Waals surface area contributed by atoms with Gasteiger partial charge in [0.2, 0.25) is 17.7 Å². The number of nitrogens with two attached hydrogens (primary N) is 1. The lowest BCUT2D eigenvalue weighted by Gasteiger charge is -2.25. The van der Waals surface area contributed by atoms with Crippen LogP contribution in [0.5, 0.6) is 0 Å². The van der Waals surface area contributed by atoms with E-state index in [0.717, 1.165) is 4.90 Å². The standard InChI is InChI=1S/C31H46N6O10/c1-21(2)28(36-25(39)11-14-45-16-18-47-19-17-46-15-13-37-26(40)9-10-27(37)41)30(43)35-24(4-3-12-33-31(32)44)29(42)34-23-7-5-22(20-38)6-8-23/h5-10,21,24,28,38H,3-4,11-20H2,1-2H3,(H,34,42)(H,35,43)(H,36,39)(H3,32,33,44). The van der Waals surface area contributed by atoms with Gasteiger partial charge >= 0.3 is 6.03 Å². The summed E-state index contributed by atoms with van der Waals surface area (Å²) in [6.07, 6.45) is 2.96. The van der Waals surface area contributed by atoms with E-state index in [1.807, 2.05) is 0 Å². The van der Waals surface area contributed by atoms with Gasteiger partial charge in [-0.2, -0.15) is 0 Å². The van der Waals surface area contributed by atoms with Crippen molar-refractivity contribution < 1.29 is 48.1 Å². The first-order valence-electron chi connectivity index (χ1n) is 15.4. The second-order valence-electron chi connectivity index (χ2n) is 10.9. The molecule has 0 aliphatic carbocycles. The fourth-order valence-corrected chi connectivity index (χ4v) is 4.27. The number of urea groups is 1. The van der Waals surface area contributed by atoms with E-state index in [2.05, 4.69) is 21.3 Å². The van der Waals surface area contributed by atoms with E-state index < -0.39 is 35.8 Å². The number of rotatable bonds is 23. The number of anilines is 1. The highest BCUT2D eigenvalue weighted by atomic mass is 16.5. The third-order valence-corrected chi connectivity index (χ3v) is 6.85. The van der Waals surface area contributed by atoms with Crippen LogP contribution in [-0.2, 0) is 44.8 Å². The summed E-state index contributed by atoms with van der Waals surface area (Å²) in [5.74, 6) is -2.45. The van der Waals surface area contributed by atoms with E-state index in [9.17, 15) is 33.9 Å². The molecule has 2 rings (SSSR count). The van der Waals surface area contributed by atoms with E-state index in [0.29, 0.717) is 17.7 Å². The Hall–Kier alpha value is -4.38. The van der Waals surface area contributed by atoms with Crippen LogP contribution in [0, 0.1) is 5.92 Å². The predicted molar refractivity (Wildman–Crippen MR) is 169 cm³/mol. The van der Waals surface area contributed by atoms with Gasteiger partial charge in [-0.3, -0.25) is 28.9 Å². The van der Waals surface area contributed by atoms with Gasteiger partial charge in [0.15, 0.2) is 0 Å². The highest BCUT2D eigenvalue weighted by Gasteiger charge is 2.29. The van der Waals surface area contributed by atoms with Crippen molar-refractivity contribution in [3.8, 4) is 0 Å². The van der Waals surface area contributed by atoms with Crippen LogP contribution in [-0.4, -0.2) is 110 Å². The maximum absolute atomic E-state index is 13.2. The average Bonchev–Trinajstić information content (AvgIpc) is 3.36. The lowest BCUT2D eigenvalue weighted by molar-refractivity contribution is -0.137. The highest BCUT2D eigenvalue weighted by molar-refractivity contribution is 6.12. The number of ether oxygens (including phenoxy) is 3. The molecule has 0 fully saturated rings. The monoisotopic (exact) mass is 662 g/mol. The van der Waals surface area contributed by atoms with Crippen molar-refractivity contribution in [2.75, 3.05) is 58.0 Å². The number of aliphatic hydroxyl groups excluding tert-OH is 1. The second-order valence-corrected chi connectivity index (χ2v) is 10.9. The van der Waals surface area contributed by atoms with Crippen molar-refractivity contribution in [2.45, 2.75) is 51.8 Å². The van der Waals surface area contributed by atoms with Gasteiger partial charge in [0.05, 0.1) is 52.8 Å². The van der Waals surface area contributed by atoms with Crippen molar-refractivity contribution in [2.24, 2.45) is 11.7 Å². The summed E-state index contributed by atoms with van der Waals surface area (Å²) < 4.78 is 16.2. The number of carbonyl (C=O) groups is 6. The number of amides is 7. The largest absolute Gasteiger partial charge is 0.392 e. The summed E-state index contributed by atoms with van der Waals surface area (Å²) >= 11 is 0. The Bertz CT molecular complexity index is 1210. The molecule has 2 atom stereocenters. The molecule has 7 amide bonds. The Morgan fingerprint density at radius 3 is 2.02 bits per heavy atom. The Morgan fingerprint density at radius 1 is 0.851 bits per heavy atom. The molecule has 1 aliphatic heterocycles. The molecule has 7 N–H and O–H groups in total. The summed E-state index contributed by atoms with van der Waals surface area (Å²) in [4.78, 5) is 74.0. The third kappa shape index (κ3) is 15.2. The van der Waals surface area contributed by atoms with Crippen molar-refractivity contribution in [1.29, 1.82) is 0 Å². The second kappa shape index (κ2) is 21.4. The van der Waals surface area contributed by atoms with Gasteiger partial charge in [-0.1, -0.05) is 26.0 Å². The molecule has 1 aromatic rings. The normalized spacial score (nSPS) is 13.8. The molecule has 0 aromatic heterocycles. The summed E-state index contributed by atoms with van der Waals surface area (Å²) in [6, 6.07) is 3.96. The van der Waals surface area contributed by atoms with Crippen LogP contribution in [0.1, 0.15) is 38.7 Å². The van der Waals surface area contributed by atoms with Gasteiger partial charge < -0.3 is 46.3 Å². The van der Waals surface area contributed by atoms with E-state index in [1.54, 1.807) is 38.1 Å². The summed E-state index contributed by atoms with van der Waals surface area (Å²) in [5, 5.41) is 19.8. The average molecular weight is 663 g/mol. The molecule has 0 radical (unpaired) electrons. The minimum Gasteiger partial charge on any atom is -0.392 e. The maximum atomic E-state index is 13.2. The van der Waals surface area contributed by atoms with Crippen LogP contribution in [0.2, 0.25) is 0 Å². The van der Waals surface area contributed by atoms with Crippen LogP contribution in [0.15, 0.2) is 36.4 Å². The molecular weight excluding hydrogens is 616 g/mol. The zero-order chi connectivity index (χ0) is 34.6. The molecule has 0 saturated carbocycles. The Balaban J connectivity index is 1.72. The predicted octanol–water partition coefficient (Wildman–Crippen LogP) is -0.444. The lowest BCUT2D eigenvalue weighted by atomic mass is 10.0. The number of benzene rings is 1. The number of nitrogens with one attached hydrogen (secondary N) is 4. The van der Waals surface area contributed by atoms with Crippen LogP contribution in [0.3, 0.4) is 0 Å². The van der Waals surface area contributed by atoms with E-state index >= 15 is 0 Å². The first kappa shape index (κ1) is 38.8. The van der Waals surface area contributed by atoms with Gasteiger partial charge in [0, 0.05) is 30.8 Å². The number of nitrogens with zero attached hydrogens (tertiary/aromatic N) is 1. The maximum Gasteiger partial charge on any atom is 0.312 e. The Morgan fingerprint density at radius 2 is 1.45 bits per heavy atom. The fourth-order valence-electron chi connectivity index (χ4n) is 4.27. The van der Waals surface area contributed by atoms with Crippen LogP contribution >= 0.6 is 0 Å². The molecule has 1 heterocycles. The Labute approximate surface area is 273 Å². The molecule has 0 bridgehead atoms. The van der Waals surface area contributed by atoms with Crippen LogP contribution in [0.25, 0.3) is 0 Å². The van der Waals surface area contributed by atoms with Gasteiger partial charge in [-0.15, -0.1) is 0 Å². The van der Waals surface area contributed by atoms with Crippen molar-refractivity contribution in [1.82, 2.24) is 20.9 Å². The first-order valence-corrected chi connectivity index (χ1v) is 15.4. The van der Waals surface area contributed by atoms with Gasteiger partial charge in [-0.25, -0.2) is 4.79 Å².